The molecule has 0 amide bonds. The molecule has 0 saturated heterocycles. The first kappa shape index (κ1) is 34.9. The summed E-state index contributed by atoms with van der Waals surface area (Å²) in [6, 6.07) is 48.8. The summed E-state index contributed by atoms with van der Waals surface area (Å²) in [5.41, 5.74) is 18.5. The van der Waals surface area contributed by atoms with E-state index in [-0.39, 0.29) is 10.8 Å². The average Bonchev–Trinajstić information content (AvgIpc) is 3.93. The van der Waals surface area contributed by atoms with E-state index in [9.17, 15) is 0 Å². The van der Waals surface area contributed by atoms with Crippen LogP contribution in [0.25, 0.3) is 53.5 Å². The van der Waals surface area contributed by atoms with Gasteiger partial charge in [-0.05, 0) is 127 Å². The highest BCUT2D eigenvalue weighted by Crippen LogP contribution is 2.63. The highest BCUT2D eigenvalue weighted by atomic mass is 32.1. The van der Waals surface area contributed by atoms with Gasteiger partial charge in [-0.1, -0.05) is 126 Å². The predicted molar refractivity (Wildman–Crippen MR) is 248 cm³/mol. The number of benzene rings is 6. The van der Waals surface area contributed by atoms with E-state index in [4.69, 9.17) is 9.97 Å². The van der Waals surface area contributed by atoms with Crippen molar-refractivity contribution in [2.24, 2.45) is 0 Å². The van der Waals surface area contributed by atoms with Gasteiger partial charge < -0.3 is 4.90 Å². The van der Waals surface area contributed by atoms with E-state index in [2.05, 4.69) is 174 Å². The smallest absolute Gasteiger partial charge is 0.0937 e. The molecule has 3 heterocycles. The molecular formula is C55H45N3S. The molecule has 12 rings (SSSR count). The number of rotatable bonds is 3. The molecule has 0 N–H and O–H groups in total. The maximum absolute atomic E-state index is 5.05. The second kappa shape index (κ2) is 12.0. The first-order valence-electron chi connectivity index (χ1n) is 21.0. The van der Waals surface area contributed by atoms with Gasteiger partial charge in [0.1, 0.15) is 0 Å². The Kier molecular flexibility index (Phi) is 7.09. The Bertz CT molecular complexity index is 3120. The number of fused-ring (bicyclic) bond motifs is 13. The minimum Gasteiger partial charge on any atom is -0.309 e. The fraction of sp³-hybridized carbons (Fsp3) is 0.200. The van der Waals surface area contributed by atoms with Crippen molar-refractivity contribution >= 4 is 59.3 Å². The lowest BCUT2D eigenvalue weighted by molar-refractivity contribution is 0.590. The van der Waals surface area contributed by atoms with Gasteiger partial charge >= 0.3 is 0 Å². The van der Waals surface area contributed by atoms with Crippen molar-refractivity contribution in [3.8, 4) is 22.5 Å². The zero-order chi connectivity index (χ0) is 40.0. The Hall–Kier alpha value is -6.10. The molecule has 9 aromatic rings. The van der Waals surface area contributed by atoms with Crippen molar-refractivity contribution in [2.75, 3.05) is 4.90 Å². The van der Waals surface area contributed by atoms with Crippen molar-refractivity contribution in [2.45, 2.75) is 70.6 Å². The lowest BCUT2D eigenvalue weighted by Gasteiger charge is -2.40. The quantitative estimate of drug-likeness (QED) is 0.179. The number of thiophene rings is 1. The van der Waals surface area contributed by atoms with Crippen LogP contribution in [0.4, 0.5) is 17.1 Å². The highest BCUT2D eigenvalue weighted by Gasteiger charge is 2.52. The van der Waals surface area contributed by atoms with Crippen LogP contribution in [0.2, 0.25) is 0 Å². The molecule has 3 aromatic heterocycles. The van der Waals surface area contributed by atoms with E-state index >= 15 is 0 Å². The van der Waals surface area contributed by atoms with E-state index in [1.54, 1.807) is 0 Å². The van der Waals surface area contributed by atoms with E-state index in [1.165, 1.54) is 92.3 Å². The number of pyridine rings is 2. The molecule has 6 aromatic carbocycles. The number of anilines is 3. The van der Waals surface area contributed by atoms with Crippen LogP contribution in [0.3, 0.4) is 0 Å². The molecule has 0 atom stereocenters. The van der Waals surface area contributed by atoms with Crippen molar-refractivity contribution < 1.29 is 0 Å². The third-order valence-electron chi connectivity index (χ3n) is 13.6. The summed E-state index contributed by atoms with van der Waals surface area (Å²) < 4.78 is 2.62. The van der Waals surface area contributed by atoms with Gasteiger partial charge in [0.2, 0.25) is 0 Å². The molecule has 0 unspecified atom stereocenters. The van der Waals surface area contributed by atoms with Gasteiger partial charge in [-0.15, -0.1) is 11.3 Å². The van der Waals surface area contributed by atoms with Crippen LogP contribution in [0.1, 0.15) is 86.1 Å². The molecular weight excluding hydrogens is 735 g/mol. The fourth-order valence-corrected chi connectivity index (χ4v) is 12.1. The molecule has 3 aliphatic rings. The highest BCUT2D eigenvalue weighted by molar-refractivity contribution is 7.27. The second-order valence-corrected chi connectivity index (χ2v) is 19.9. The summed E-state index contributed by atoms with van der Waals surface area (Å²) in [7, 11) is 0. The minimum absolute atomic E-state index is 0.0641. The Labute approximate surface area is 350 Å². The van der Waals surface area contributed by atoms with Crippen LogP contribution >= 0.6 is 11.3 Å². The maximum atomic E-state index is 5.05. The summed E-state index contributed by atoms with van der Waals surface area (Å²) in [5, 5.41) is 5.44. The molecule has 0 bridgehead atoms. The van der Waals surface area contributed by atoms with Crippen molar-refractivity contribution in [1.29, 1.82) is 0 Å². The summed E-state index contributed by atoms with van der Waals surface area (Å²) in [6.07, 6.45) is 6.03. The minimum atomic E-state index is -0.544. The fourth-order valence-electron chi connectivity index (χ4n) is 10.8. The molecule has 0 aliphatic heterocycles. The zero-order valence-electron chi connectivity index (χ0n) is 34.4. The van der Waals surface area contributed by atoms with Gasteiger partial charge in [-0.3, -0.25) is 9.97 Å². The maximum Gasteiger partial charge on any atom is 0.0937 e. The Morgan fingerprint density at radius 3 is 1.66 bits per heavy atom. The number of nitrogens with zero attached hydrogens (tertiary/aromatic N) is 3. The lowest BCUT2D eigenvalue weighted by atomic mass is 9.61. The van der Waals surface area contributed by atoms with Crippen LogP contribution in [0, 0.1) is 0 Å². The monoisotopic (exact) mass is 779 g/mol. The molecule has 0 fully saturated rings. The van der Waals surface area contributed by atoms with Crippen LogP contribution in [-0.2, 0) is 29.1 Å². The van der Waals surface area contributed by atoms with Gasteiger partial charge in [0.05, 0.1) is 27.2 Å². The second-order valence-electron chi connectivity index (χ2n) is 18.9. The first-order chi connectivity index (χ1) is 28.5. The van der Waals surface area contributed by atoms with Crippen LogP contribution in [0.15, 0.2) is 140 Å². The molecule has 4 heteroatoms. The molecule has 0 saturated carbocycles. The summed E-state index contributed by atoms with van der Waals surface area (Å²) in [5.74, 6) is 0. The molecule has 3 aliphatic carbocycles. The summed E-state index contributed by atoms with van der Waals surface area (Å²) in [4.78, 5) is 12.6. The molecule has 59 heavy (non-hydrogen) atoms. The van der Waals surface area contributed by atoms with Gasteiger partial charge in [-0.25, -0.2) is 0 Å². The van der Waals surface area contributed by atoms with E-state index in [0.717, 1.165) is 35.6 Å². The third kappa shape index (κ3) is 4.70. The van der Waals surface area contributed by atoms with Crippen molar-refractivity contribution in [3.05, 3.63) is 184 Å². The zero-order valence-corrected chi connectivity index (χ0v) is 35.3. The molecule has 286 valence electrons. The van der Waals surface area contributed by atoms with Gasteiger partial charge in [0, 0.05) is 44.8 Å². The normalized spacial score (nSPS) is 14.6. The molecule has 1 spiro atoms. The Morgan fingerprint density at radius 1 is 0.508 bits per heavy atom. The van der Waals surface area contributed by atoms with E-state index in [0.29, 0.717) is 0 Å². The summed E-state index contributed by atoms with van der Waals surface area (Å²) >= 11 is 1.95. The van der Waals surface area contributed by atoms with Gasteiger partial charge in [0.15, 0.2) is 0 Å². The van der Waals surface area contributed by atoms with Crippen LogP contribution in [0.5, 0.6) is 0 Å². The summed E-state index contributed by atoms with van der Waals surface area (Å²) in [6.45, 7) is 13.7. The van der Waals surface area contributed by atoms with E-state index in [1.807, 2.05) is 23.7 Å². The predicted octanol–water partition coefficient (Wildman–Crippen LogP) is 14.5. The third-order valence-corrected chi connectivity index (χ3v) is 14.9. The molecule has 3 nitrogen and oxygen atoms in total. The first-order valence-corrected chi connectivity index (χ1v) is 21.8. The van der Waals surface area contributed by atoms with Crippen molar-refractivity contribution in [3.63, 3.8) is 0 Å². The van der Waals surface area contributed by atoms with Gasteiger partial charge in [0.25, 0.3) is 0 Å². The Morgan fingerprint density at radius 2 is 1.07 bits per heavy atom. The van der Waals surface area contributed by atoms with Crippen LogP contribution in [-0.4, -0.2) is 9.97 Å². The molecule has 0 radical (unpaired) electrons. The van der Waals surface area contributed by atoms with Crippen molar-refractivity contribution in [1.82, 2.24) is 9.97 Å². The number of aryl methyl sites for hydroxylation is 2. The average molecular weight is 780 g/mol. The van der Waals surface area contributed by atoms with Crippen LogP contribution < -0.4 is 4.90 Å². The standard InChI is InChI=1S/C55H45N3S/c1-53(2,3)34-18-22-36(23-19-34)58(37-24-20-35(21-25-37)54(4,5)6)45-13-7-10-38-39-27-29-42-48(52(39)59-51(38)45)40-26-16-32-14-15-33-17-28-41(47(40)46(32)33)55(42)43-11-8-30-56-49(43)50-44(55)12-9-31-57-50/h7-13,16-31H,14-15H2,1-6H3. The van der Waals surface area contributed by atoms with Gasteiger partial charge in [-0.2, -0.15) is 0 Å². The largest absolute Gasteiger partial charge is 0.309 e. The lowest BCUT2D eigenvalue weighted by Crippen LogP contribution is -2.32. The SMILES string of the molecule is CC(C)(C)c1ccc(N(c2ccc(C(C)(C)C)cc2)c2cccc3c2sc2c4c(ccc23)C2(c3cccnc3-c3ncccc32)c2ccc3c5c(ccc-4c25)CC3)cc1. The number of hydrogen-bond acceptors (Lipinski definition) is 4. The van der Waals surface area contributed by atoms with E-state index < -0.39 is 5.41 Å². The number of hydrogen-bond donors (Lipinski definition) is 0. The number of aromatic nitrogens is 2. The Balaban J connectivity index is 1.17. The topological polar surface area (TPSA) is 29.0 Å².